The van der Waals surface area contributed by atoms with Gasteiger partial charge in [0.1, 0.15) is 23.9 Å². The van der Waals surface area contributed by atoms with Crippen LogP contribution in [0.1, 0.15) is 35.4 Å². The number of hydrogen-bond donors (Lipinski definition) is 3. The number of rotatable bonds is 7. The number of aromatic nitrogens is 2. The highest BCUT2D eigenvalue weighted by molar-refractivity contribution is 5.88. The summed E-state index contributed by atoms with van der Waals surface area (Å²) < 4.78 is 24.6. The zero-order valence-electron chi connectivity index (χ0n) is 20.2. The SMILES string of the molecule is COc1nc(Nc2cc(C3CCN(C4COC4)CC3)c(C)cc2C=N)cc(N2CC(O)C(F)C2)n1. The Hall–Kier alpha value is -2.82. The lowest BCUT2D eigenvalue weighted by atomic mass is 9.85. The monoisotopic (exact) mass is 484 g/mol. The van der Waals surface area contributed by atoms with E-state index in [1.54, 1.807) is 11.0 Å². The third-order valence-electron chi connectivity index (χ3n) is 7.38. The number of nitrogens with one attached hydrogen (secondary N) is 2. The molecule has 0 amide bonds. The highest BCUT2D eigenvalue weighted by Gasteiger charge is 2.33. The summed E-state index contributed by atoms with van der Waals surface area (Å²) in [5.41, 5.74) is 4.01. The first-order valence-electron chi connectivity index (χ1n) is 12.2. The van der Waals surface area contributed by atoms with E-state index in [1.165, 1.54) is 24.5 Å². The molecule has 0 aliphatic carbocycles. The highest BCUT2D eigenvalue weighted by atomic mass is 19.1. The second-order valence-corrected chi connectivity index (χ2v) is 9.65. The zero-order chi connectivity index (χ0) is 24.5. The summed E-state index contributed by atoms with van der Waals surface area (Å²) in [4.78, 5) is 13.0. The minimum absolute atomic E-state index is 0.0624. The first kappa shape index (κ1) is 23.9. The number of alkyl halides is 1. The van der Waals surface area contributed by atoms with Gasteiger partial charge in [-0.1, -0.05) is 0 Å². The molecule has 1 aromatic carbocycles. The number of methoxy groups -OCH3 is 1. The second-order valence-electron chi connectivity index (χ2n) is 9.65. The van der Waals surface area contributed by atoms with Crippen LogP contribution in [-0.2, 0) is 4.74 Å². The number of aliphatic hydroxyl groups excluding tert-OH is 1. The van der Waals surface area contributed by atoms with E-state index >= 15 is 0 Å². The molecule has 0 bridgehead atoms. The minimum atomic E-state index is -1.32. The van der Waals surface area contributed by atoms with Gasteiger partial charge in [-0.05, 0) is 62.0 Å². The fourth-order valence-electron chi connectivity index (χ4n) is 5.23. The number of piperidine rings is 1. The molecular weight excluding hydrogens is 451 g/mol. The smallest absolute Gasteiger partial charge is 0.320 e. The van der Waals surface area contributed by atoms with Crippen LogP contribution >= 0.6 is 0 Å². The largest absolute Gasteiger partial charge is 0.467 e. The Bertz CT molecular complexity index is 1060. The van der Waals surface area contributed by atoms with Crippen molar-refractivity contribution < 1.29 is 19.0 Å². The molecule has 188 valence electrons. The average molecular weight is 485 g/mol. The predicted molar refractivity (Wildman–Crippen MR) is 132 cm³/mol. The topological polar surface area (TPSA) is 107 Å². The number of aryl methyl sites for hydroxylation is 1. The Morgan fingerprint density at radius 2 is 1.97 bits per heavy atom. The van der Waals surface area contributed by atoms with E-state index in [2.05, 4.69) is 33.2 Å². The van der Waals surface area contributed by atoms with Crippen molar-refractivity contribution in [2.24, 2.45) is 0 Å². The molecule has 0 radical (unpaired) electrons. The Kier molecular flexibility index (Phi) is 6.86. The van der Waals surface area contributed by atoms with Gasteiger partial charge in [-0.3, -0.25) is 4.90 Å². The summed E-state index contributed by atoms with van der Waals surface area (Å²) in [5.74, 6) is 1.42. The normalized spacial score (nSPS) is 23.8. The Balaban J connectivity index is 1.39. The van der Waals surface area contributed by atoms with Crippen molar-refractivity contribution in [2.45, 2.75) is 44.0 Å². The standard InChI is InChI=1S/C25H33FN6O3/c1-15-7-17(10-27)21(8-19(15)16-3-5-31(6-4-16)18-13-35-14-18)28-23-9-24(30-25(29-23)34-2)32-11-20(26)22(33)12-32/h7-10,16,18,20,22,27,33H,3-6,11-14H2,1-2H3,(H,28,29,30). The zero-order valence-corrected chi connectivity index (χ0v) is 20.2. The molecule has 35 heavy (non-hydrogen) atoms. The van der Waals surface area contributed by atoms with Gasteiger partial charge in [-0.25, -0.2) is 4.39 Å². The molecule has 1 aromatic heterocycles. The molecule has 3 fully saturated rings. The number of β-amino-alcohol motifs (C(OH)–C–C–N with tert-alkyl or cyclic N) is 1. The Morgan fingerprint density at radius 1 is 1.20 bits per heavy atom. The first-order chi connectivity index (χ1) is 16.9. The molecule has 2 atom stereocenters. The van der Waals surface area contributed by atoms with Crippen molar-refractivity contribution in [1.29, 1.82) is 5.41 Å². The van der Waals surface area contributed by atoms with Gasteiger partial charge in [0.05, 0.1) is 32.9 Å². The number of halogens is 1. The van der Waals surface area contributed by atoms with Crippen molar-refractivity contribution >= 4 is 23.5 Å². The van der Waals surface area contributed by atoms with E-state index in [9.17, 15) is 9.50 Å². The number of anilines is 3. The molecule has 3 saturated heterocycles. The van der Waals surface area contributed by atoms with E-state index in [4.69, 9.17) is 14.9 Å². The summed E-state index contributed by atoms with van der Waals surface area (Å²) >= 11 is 0. The van der Waals surface area contributed by atoms with Crippen molar-refractivity contribution in [1.82, 2.24) is 14.9 Å². The minimum Gasteiger partial charge on any atom is -0.467 e. The van der Waals surface area contributed by atoms with Gasteiger partial charge >= 0.3 is 6.01 Å². The van der Waals surface area contributed by atoms with E-state index in [1.807, 2.05) is 6.07 Å². The molecule has 3 aliphatic heterocycles. The molecule has 5 rings (SSSR count). The van der Waals surface area contributed by atoms with Crippen LogP contribution in [0.4, 0.5) is 21.7 Å². The molecule has 9 nitrogen and oxygen atoms in total. The van der Waals surface area contributed by atoms with E-state index < -0.39 is 12.3 Å². The first-order valence-corrected chi connectivity index (χ1v) is 12.2. The van der Waals surface area contributed by atoms with Gasteiger partial charge in [0.25, 0.3) is 0 Å². The van der Waals surface area contributed by atoms with Crippen LogP contribution in [0.2, 0.25) is 0 Å². The molecule has 2 unspecified atom stereocenters. The third-order valence-corrected chi connectivity index (χ3v) is 7.38. The van der Waals surface area contributed by atoms with Crippen molar-refractivity contribution in [2.75, 3.05) is 56.7 Å². The quantitative estimate of drug-likeness (QED) is 0.515. The lowest BCUT2D eigenvalue weighted by Crippen LogP contribution is -2.51. The Morgan fingerprint density at radius 3 is 2.57 bits per heavy atom. The molecular formula is C25H33FN6O3. The fourth-order valence-corrected chi connectivity index (χ4v) is 5.23. The summed E-state index contributed by atoms with van der Waals surface area (Å²) in [6.45, 7) is 6.15. The average Bonchev–Trinajstić information content (AvgIpc) is 3.17. The van der Waals surface area contributed by atoms with Gasteiger partial charge < -0.3 is 30.2 Å². The van der Waals surface area contributed by atoms with Crippen molar-refractivity contribution in [3.63, 3.8) is 0 Å². The summed E-state index contributed by atoms with van der Waals surface area (Å²) in [7, 11) is 1.48. The van der Waals surface area contributed by atoms with E-state index in [0.29, 0.717) is 23.6 Å². The highest BCUT2D eigenvalue weighted by Crippen LogP contribution is 2.35. The van der Waals surface area contributed by atoms with Crippen LogP contribution in [0.15, 0.2) is 18.2 Å². The molecule has 3 N–H and O–H groups in total. The lowest BCUT2D eigenvalue weighted by Gasteiger charge is -2.41. The van der Waals surface area contributed by atoms with Crippen LogP contribution in [0.25, 0.3) is 0 Å². The summed E-state index contributed by atoms with van der Waals surface area (Å²) in [6, 6.07) is 6.62. The number of ether oxygens (including phenoxy) is 2. The summed E-state index contributed by atoms with van der Waals surface area (Å²) in [5, 5.41) is 21.1. The van der Waals surface area contributed by atoms with Crippen LogP contribution in [-0.4, -0.2) is 91.0 Å². The number of likely N-dealkylation sites (tertiary alicyclic amines) is 1. The molecule has 0 saturated carbocycles. The molecule has 3 aliphatic rings. The second kappa shape index (κ2) is 10.0. The maximum absolute atomic E-state index is 13.9. The van der Waals surface area contributed by atoms with Crippen molar-refractivity contribution in [3.8, 4) is 6.01 Å². The molecule has 10 heteroatoms. The number of benzene rings is 1. The number of aliphatic hydroxyl groups is 1. The van der Waals surface area contributed by atoms with Gasteiger partial charge in [-0.2, -0.15) is 9.97 Å². The van der Waals surface area contributed by atoms with Crippen LogP contribution in [0.3, 0.4) is 0 Å². The maximum atomic E-state index is 13.9. The van der Waals surface area contributed by atoms with Crippen LogP contribution in [0, 0.1) is 12.3 Å². The third kappa shape index (κ3) is 4.96. The van der Waals surface area contributed by atoms with Crippen molar-refractivity contribution in [3.05, 3.63) is 34.9 Å². The molecule has 2 aromatic rings. The van der Waals surface area contributed by atoms with Gasteiger partial charge in [-0.15, -0.1) is 0 Å². The van der Waals surface area contributed by atoms with Crippen LogP contribution < -0.4 is 15.0 Å². The van der Waals surface area contributed by atoms with Gasteiger partial charge in [0.15, 0.2) is 0 Å². The van der Waals surface area contributed by atoms with E-state index in [-0.39, 0.29) is 19.1 Å². The summed E-state index contributed by atoms with van der Waals surface area (Å²) in [6.07, 6.45) is 1.16. The Labute approximate surface area is 204 Å². The van der Waals surface area contributed by atoms with Gasteiger partial charge in [0, 0.05) is 30.1 Å². The number of hydrogen-bond acceptors (Lipinski definition) is 9. The maximum Gasteiger partial charge on any atom is 0.320 e. The van der Waals surface area contributed by atoms with E-state index in [0.717, 1.165) is 50.4 Å². The predicted octanol–water partition coefficient (Wildman–Crippen LogP) is 2.63. The fraction of sp³-hybridized carbons (Fsp3) is 0.560. The molecule has 4 heterocycles. The van der Waals surface area contributed by atoms with Gasteiger partial charge in [0.2, 0.25) is 0 Å². The number of nitrogens with zero attached hydrogens (tertiary/aromatic N) is 4. The lowest BCUT2D eigenvalue weighted by molar-refractivity contribution is -0.0712. The van der Waals surface area contributed by atoms with Crippen LogP contribution in [0.5, 0.6) is 6.01 Å². The molecule has 0 spiro atoms.